The molecule has 0 bridgehead atoms. The van der Waals surface area contributed by atoms with E-state index >= 15 is 0 Å². The third-order valence-corrected chi connectivity index (χ3v) is 2.59. The maximum Gasteiger partial charge on any atom is 1.00 e. The van der Waals surface area contributed by atoms with E-state index in [2.05, 4.69) is 22.7 Å². The summed E-state index contributed by atoms with van der Waals surface area (Å²) in [6.07, 6.45) is 1.20. The molecule has 0 radical (unpaired) electrons. The average molecular weight is 282 g/mol. The number of benzene rings is 1. The number of thiocarbonyl (C=S) groups is 1. The zero-order chi connectivity index (χ0) is 12.2. The Bertz CT molecular complexity index is 531. The monoisotopic (exact) mass is 282 g/mol. The van der Waals surface area contributed by atoms with E-state index in [4.69, 9.17) is 10.3 Å². The van der Waals surface area contributed by atoms with Crippen molar-refractivity contribution in [2.24, 2.45) is 10.8 Å². The molecular formula is C8H9N3NaO3S2+. The van der Waals surface area contributed by atoms with E-state index in [0.29, 0.717) is 0 Å². The van der Waals surface area contributed by atoms with Gasteiger partial charge in [-0.2, -0.15) is 13.5 Å². The molecular weight excluding hydrogens is 273 g/mol. The van der Waals surface area contributed by atoms with E-state index < -0.39 is 10.1 Å². The summed E-state index contributed by atoms with van der Waals surface area (Å²) in [7, 11) is -4.27. The van der Waals surface area contributed by atoms with E-state index in [1.54, 1.807) is 6.07 Å². The topological polar surface area (TPSA) is 105 Å². The second kappa shape index (κ2) is 7.04. The summed E-state index contributed by atoms with van der Waals surface area (Å²) in [6, 6.07) is 5.84. The van der Waals surface area contributed by atoms with Crippen molar-refractivity contribution >= 4 is 33.7 Å². The summed E-state index contributed by atoms with van der Waals surface area (Å²) in [5, 5.41) is 3.56. The van der Waals surface area contributed by atoms with Gasteiger partial charge in [-0.25, -0.2) is 0 Å². The van der Waals surface area contributed by atoms with Crippen LogP contribution in [0.2, 0.25) is 0 Å². The van der Waals surface area contributed by atoms with Crippen LogP contribution in [0.4, 0.5) is 0 Å². The molecule has 17 heavy (non-hydrogen) atoms. The molecule has 0 aliphatic rings. The number of nitrogens with two attached hydrogens (primary N) is 1. The summed E-state index contributed by atoms with van der Waals surface area (Å²) in [6.45, 7) is 0. The van der Waals surface area contributed by atoms with Gasteiger partial charge in [0.2, 0.25) is 0 Å². The van der Waals surface area contributed by atoms with Gasteiger partial charge in [-0.1, -0.05) is 18.2 Å². The van der Waals surface area contributed by atoms with Gasteiger partial charge in [0.25, 0.3) is 10.1 Å². The smallest absolute Gasteiger partial charge is 0.375 e. The molecule has 0 unspecified atom stereocenters. The second-order valence-corrected chi connectivity index (χ2v) is 4.58. The number of nitrogens with one attached hydrogen (secondary N) is 1. The molecule has 0 atom stereocenters. The minimum Gasteiger partial charge on any atom is -0.375 e. The van der Waals surface area contributed by atoms with Gasteiger partial charge in [-0.3, -0.25) is 9.98 Å². The zero-order valence-electron chi connectivity index (χ0n) is 8.99. The molecule has 0 aliphatic carbocycles. The van der Waals surface area contributed by atoms with Crippen molar-refractivity contribution in [3.05, 3.63) is 29.8 Å². The van der Waals surface area contributed by atoms with Gasteiger partial charge in [-0.15, -0.1) is 0 Å². The third-order valence-electron chi connectivity index (χ3n) is 1.58. The molecule has 0 spiro atoms. The molecule has 0 aliphatic heterocycles. The van der Waals surface area contributed by atoms with Crippen LogP contribution in [0.1, 0.15) is 5.56 Å². The van der Waals surface area contributed by atoms with Gasteiger partial charge in [0.1, 0.15) is 4.90 Å². The fourth-order valence-electron chi connectivity index (χ4n) is 0.988. The molecule has 4 N–H and O–H groups in total. The van der Waals surface area contributed by atoms with E-state index in [1.807, 2.05) is 0 Å². The molecule has 0 heterocycles. The molecule has 9 heteroatoms. The van der Waals surface area contributed by atoms with Gasteiger partial charge in [0, 0.05) is 5.56 Å². The standard InChI is InChI=1S/C8H9N3O3S2.Na/c9-8(15)11-10-5-6-3-1-2-4-7(6)16(12,13)14;/h1-5H,(H3,9,11,15)(H,12,13,14);/q;+1. The number of hydrogen-bond acceptors (Lipinski definition) is 4. The normalized spacial score (nSPS) is 10.9. The molecule has 0 aromatic heterocycles. The second-order valence-electron chi connectivity index (χ2n) is 2.75. The predicted octanol–water partition coefficient (Wildman–Crippen LogP) is -2.90. The Balaban J connectivity index is 0.00000256. The Kier molecular flexibility index (Phi) is 6.83. The van der Waals surface area contributed by atoms with Crippen molar-refractivity contribution < 1.29 is 42.5 Å². The SMILES string of the molecule is NC(=S)NN=Cc1ccccc1S(=O)(=O)O.[Na+]. The van der Waals surface area contributed by atoms with Gasteiger partial charge in [0.15, 0.2) is 5.11 Å². The predicted molar refractivity (Wildman–Crippen MR) is 63.8 cm³/mol. The Morgan fingerprint density at radius 1 is 1.47 bits per heavy atom. The van der Waals surface area contributed by atoms with Crippen LogP contribution in [0.25, 0.3) is 0 Å². The van der Waals surface area contributed by atoms with Crippen molar-refractivity contribution in [1.29, 1.82) is 0 Å². The van der Waals surface area contributed by atoms with Crippen LogP contribution in [0, 0.1) is 0 Å². The summed E-state index contributed by atoms with van der Waals surface area (Å²) in [4.78, 5) is -0.233. The van der Waals surface area contributed by atoms with E-state index in [9.17, 15) is 8.42 Å². The first-order chi connectivity index (χ1) is 7.41. The van der Waals surface area contributed by atoms with Gasteiger partial charge in [0.05, 0.1) is 6.21 Å². The Morgan fingerprint density at radius 3 is 2.59 bits per heavy atom. The molecule has 86 valence electrons. The number of rotatable bonds is 3. The van der Waals surface area contributed by atoms with Crippen LogP contribution in [0.5, 0.6) is 0 Å². The molecule has 0 amide bonds. The van der Waals surface area contributed by atoms with Crippen molar-refractivity contribution in [3.8, 4) is 0 Å². The van der Waals surface area contributed by atoms with Crippen molar-refractivity contribution in [2.75, 3.05) is 0 Å². The minimum absolute atomic E-state index is 0. The summed E-state index contributed by atoms with van der Waals surface area (Å²) in [5.74, 6) is 0. The van der Waals surface area contributed by atoms with Crippen LogP contribution in [0.3, 0.4) is 0 Å². The summed E-state index contributed by atoms with van der Waals surface area (Å²) < 4.78 is 30.9. The molecule has 1 rings (SSSR count). The van der Waals surface area contributed by atoms with Gasteiger partial charge >= 0.3 is 29.6 Å². The van der Waals surface area contributed by atoms with E-state index in [1.165, 1.54) is 24.4 Å². The quantitative estimate of drug-likeness (QED) is 0.181. The number of nitrogens with zero attached hydrogens (tertiary/aromatic N) is 1. The minimum atomic E-state index is -4.27. The van der Waals surface area contributed by atoms with Crippen LogP contribution >= 0.6 is 12.2 Å². The van der Waals surface area contributed by atoms with Crippen LogP contribution in [0.15, 0.2) is 34.3 Å². The van der Waals surface area contributed by atoms with Crippen molar-refractivity contribution in [3.63, 3.8) is 0 Å². The zero-order valence-corrected chi connectivity index (χ0v) is 12.6. The van der Waals surface area contributed by atoms with Crippen LogP contribution in [-0.2, 0) is 10.1 Å². The molecule has 0 saturated carbocycles. The maximum absolute atomic E-state index is 11.0. The molecule has 6 nitrogen and oxygen atoms in total. The Hall–Kier alpha value is -0.510. The molecule has 0 fully saturated rings. The van der Waals surface area contributed by atoms with Crippen molar-refractivity contribution in [1.82, 2.24) is 5.43 Å². The average Bonchev–Trinajstić information content (AvgIpc) is 2.16. The first kappa shape index (κ1) is 16.5. The fourth-order valence-corrected chi connectivity index (χ4v) is 1.71. The molecule has 1 aromatic carbocycles. The summed E-state index contributed by atoms with van der Waals surface area (Å²) >= 11 is 4.50. The fraction of sp³-hybridized carbons (Fsp3) is 0. The van der Waals surface area contributed by atoms with Crippen LogP contribution in [-0.4, -0.2) is 24.3 Å². The maximum atomic E-state index is 11.0. The first-order valence-electron chi connectivity index (χ1n) is 4.06. The molecule has 0 saturated heterocycles. The van der Waals surface area contributed by atoms with Gasteiger partial charge < -0.3 is 5.73 Å². The largest absolute Gasteiger partial charge is 1.00 e. The Morgan fingerprint density at radius 2 is 2.06 bits per heavy atom. The number of hydrogen-bond donors (Lipinski definition) is 3. The summed E-state index contributed by atoms with van der Waals surface area (Å²) in [5.41, 5.74) is 7.62. The first-order valence-corrected chi connectivity index (χ1v) is 5.91. The number of hydrazone groups is 1. The van der Waals surface area contributed by atoms with E-state index in [-0.39, 0.29) is 45.1 Å². The van der Waals surface area contributed by atoms with Crippen molar-refractivity contribution in [2.45, 2.75) is 4.90 Å². The van der Waals surface area contributed by atoms with E-state index in [0.717, 1.165) is 0 Å². The Labute approximate surface area is 126 Å². The molecule has 1 aromatic rings. The third kappa shape index (κ3) is 5.57. The van der Waals surface area contributed by atoms with Crippen LogP contribution < -0.4 is 40.7 Å². The van der Waals surface area contributed by atoms with Gasteiger partial charge in [-0.05, 0) is 18.3 Å².